The Morgan fingerprint density at radius 2 is 1.24 bits per heavy atom. The highest BCUT2D eigenvalue weighted by molar-refractivity contribution is 6.29. The zero-order valence-electron chi connectivity index (χ0n) is 26.9. The van der Waals surface area contributed by atoms with Crippen molar-refractivity contribution in [1.82, 2.24) is 0 Å². The summed E-state index contributed by atoms with van der Waals surface area (Å²) in [5.74, 6) is 0.461. The molecule has 0 amide bonds. The molecule has 236 valence electrons. The average molecular weight is 611 g/mol. The van der Waals surface area contributed by atoms with Crippen LogP contribution in [0.2, 0.25) is 0 Å². The predicted octanol–water partition coefficient (Wildman–Crippen LogP) is 8.78. The van der Waals surface area contributed by atoms with Crippen LogP contribution in [0.5, 0.6) is 0 Å². The van der Waals surface area contributed by atoms with Crippen LogP contribution in [0.1, 0.15) is 69.8 Å². The molecule has 3 aromatic rings. The monoisotopic (exact) mass is 610 g/mol. The Labute approximate surface area is 274 Å². The fraction of sp³-hybridized carbons (Fsp3) is 0.381. The number of carbonyl (C=O) groups is 1. The quantitative estimate of drug-likeness (QED) is 0.228. The molecule has 7 rings (SSSR count). The number of anilines is 2. The fourth-order valence-corrected chi connectivity index (χ4v) is 8.05. The van der Waals surface area contributed by atoms with E-state index in [2.05, 4.69) is 107 Å². The van der Waals surface area contributed by atoms with Crippen molar-refractivity contribution in [3.05, 3.63) is 121 Å². The second-order valence-corrected chi connectivity index (χ2v) is 13.7. The summed E-state index contributed by atoms with van der Waals surface area (Å²) in [6.07, 6.45) is 21.4. The third kappa shape index (κ3) is 6.54. The molecule has 2 fully saturated rings. The van der Waals surface area contributed by atoms with E-state index >= 15 is 0 Å². The van der Waals surface area contributed by atoms with Gasteiger partial charge in [0, 0.05) is 65.5 Å². The van der Waals surface area contributed by atoms with Crippen LogP contribution in [0.25, 0.3) is 5.57 Å². The summed E-state index contributed by atoms with van der Waals surface area (Å²) < 4.78 is 2.41. The van der Waals surface area contributed by atoms with Crippen molar-refractivity contribution >= 4 is 34.1 Å². The average Bonchev–Trinajstić information content (AvgIpc) is 3.12. The summed E-state index contributed by atoms with van der Waals surface area (Å²) >= 11 is 0. The molecule has 1 atom stereocenters. The molecule has 4 aliphatic rings. The highest BCUT2D eigenvalue weighted by Crippen LogP contribution is 2.42. The number of ketones is 1. The number of Topliss-reactive ketones (excluding diaryl/α,β-unsaturated/α-hetero) is 1. The van der Waals surface area contributed by atoms with Gasteiger partial charge in [0.15, 0.2) is 12.3 Å². The predicted molar refractivity (Wildman–Crippen MR) is 186 cm³/mol. The lowest BCUT2D eigenvalue weighted by atomic mass is 9.71. The minimum Gasteiger partial charge on any atom is -0.874 e. The van der Waals surface area contributed by atoms with Gasteiger partial charge in [-0.3, -0.25) is 4.79 Å². The van der Waals surface area contributed by atoms with Gasteiger partial charge in [0.25, 0.3) is 0 Å². The van der Waals surface area contributed by atoms with Crippen molar-refractivity contribution in [3.63, 3.8) is 0 Å². The number of nitrogens with zero attached hydrogens (tertiary/aromatic N) is 2. The van der Waals surface area contributed by atoms with Gasteiger partial charge >= 0.3 is 0 Å². The summed E-state index contributed by atoms with van der Waals surface area (Å²) in [6.45, 7) is 1.98. The van der Waals surface area contributed by atoms with Gasteiger partial charge in [-0.1, -0.05) is 99.2 Å². The van der Waals surface area contributed by atoms with Crippen LogP contribution in [-0.4, -0.2) is 29.2 Å². The van der Waals surface area contributed by atoms with Crippen molar-refractivity contribution in [2.24, 2.45) is 23.7 Å². The van der Waals surface area contributed by atoms with Crippen molar-refractivity contribution in [3.8, 4) is 0 Å². The molecule has 0 spiro atoms. The van der Waals surface area contributed by atoms with E-state index in [0.717, 1.165) is 30.1 Å². The van der Waals surface area contributed by atoms with Crippen LogP contribution < -0.4 is 10.0 Å². The second-order valence-electron chi connectivity index (χ2n) is 13.7. The van der Waals surface area contributed by atoms with E-state index in [9.17, 15) is 9.90 Å². The lowest BCUT2D eigenvalue weighted by Crippen LogP contribution is -2.41. The minimum absolute atomic E-state index is 0.0373. The Hall–Kier alpha value is -4.18. The van der Waals surface area contributed by atoms with E-state index in [1.54, 1.807) is 0 Å². The molecule has 2 saturated carbocycles. The fourth-order valence-electron chi connectivity index (χ4n) is 8.05. The summed E-state index contributed by atoms with van der Waals surface area (Å²) in [5.41, 5.74) is 5.70. The molecule has 1 unspecified atom stereocenters. The molecule has 0 aliphatic heterocycles. The van der Waals surface area contributed by atoms with Crippen LogP contribution in [0.15, 0.2) is 115 Å². The molecule has 3 aromatic carbocycles. The number of benzene rings is 3. The zero-order valence-corrected chi connectivity index (χ0v) is 26.9. The van der Waals surface area contributed by atoms with Gasteiger partial charge in [0.2, 0.25) is 11.4 Å². The van der Waals surface area contributed by atoms with Crippen LogP contribution in [0.3, 0.4) is 0 Å². The number of para-hydroxylation sites is 2. The Morgan fingerprint density at radius 1 is 0.674 bits per heavy atom. The van der Waals surface area contributed by atoms with Gasteiger partial charge in [-0.05, 0) is 61.4 Å². The number of rotatable bonds is 9. The molecule has 0 aromatic heterocycles. The van der Waals surface area contributed by atoms with E-state index < -0.39 is 5.92 Å². The molecule has 4 nitrogen and oxygen atoms in total. The van der Waals surface area contributed by atoms with Gasteiger partial charge in [0.1, 0.15) is 0 Å². The molecule has 0 N–H and O–H groups in total. The number of carbonyl (C=O) groups excluding carboxylic acids is 1. The first-order valence-electron chi connectivity index (χ1n) is 17.6. The Kier molecular flexibility index (Phi) is 9.32. The molecule has 4 heteroatoms. The standard InChI is InChI=1S/C42H46N2O2/c45-41-39(33-21-25-37(26-22-33)43(35-17-9-3-10-18-35)29-31-13-5-1-6-14-31)42(46)40(41)34-23-27-38(28-24-34)44(36-19-11-4-12-20-36)30-32-15-7-2-8-16-32/h3-4,9-12,17-28,31-33,39H,1-2,5-8,13-16,29-30H2. The third-order valence-electron chi connectivity index (χ3n) is 10.7. The summed E-state index contributed by atoms with van der Waals surface area (Å²) in [7, 11) is 0. The van der Waals surface area contributed by atoms with Crippen LogP contribution in [0.4, 0.5) is 17.1 Å². The van der Waals surface area contributed by atoms with Gasteiger partial charge in [-0.25, -0.2) is 0 Å². The summed E-state index contributed by atoms with van der Waals surface area (Å²) in [4.78, 5) is 15.9. The van der Waals surface area contributed by atoms with Crippen molar-refractivity contribution in [1.29, 1.82) is 0 Å². The molecule has 0 radical (unpaired) electrons. The van der Waals surface area contributed by atoms with Crippen LogP contribution in [0, 0.1) is 23.7 Å². The number of hydrogen-bond acceptors (Lipinski definition) is 3. The maximum absolute atomic E-state index is 13.5. The highest BCUT2D eigenvalue weighted by Gasteiger charge is 2.38. The van der Waals surface area contributed by atoms with Crippen molar-refractivity contribution < 1.29 is 14.5 Å². The van der Waals surface area contributed by atoms with Gasteiger partial charge in [0.05, 0.1) is 0 Å². The highest BCUT2D eigenvalue weighted by atomic mass is 16.3. The topological polar surface area (TPSA) is 46.4 Å². The first kappa shape index (κ1) is 30.5. The van der Waals surface area contributed by atoms with E-state index in [-0.39, 0.29) is 17.5 Å². The Morgan fingerprint density at radius 3 is 1.85 bits per heavy atom. The van der Waals surface area contributed by atoms with Crippen LogP contribution in [-0.2, 0) is 4.79 Å². The van der Waals surface area contributed by atoms with Gasteiger partial charge < -0.3 is 10.0 Å². The summed E-state index contributed by atoms with van der Waals surface area (Å²) in [6, 6.07) is 29.2. The lowest BCUT2D eigenvalue weighted by molar-refractivity contribution is -0.449. The Bertz CT molecular complexity index is 1610. The van der Waals surface area contributed by atoms with Crippen molar-refractivity contribution in [2.45, 2.75) is 64.2 Å². The third-order valence-corrected chi connectivity index (χ3v) is 10.7. The normalized spacial score (nSPS) is 22.2. The lowest BCUT2D eigenvalue weighted by Gasteiger charge is -2.40. The molecule has 0 heterocycles. The van der Waals surface area contributed by atoms with Crippen molar-refractivity contribution in [2.75, 3.05) is 18.0 Å². The molecule has 46 heavy (non-hydrogen) atoms. The first-order chi connectivity index (χ1) is 22.7. The van der Waals surface area contributed by atoms with E-state index in [4.69, 9.17) is 0 Å². The number of hydrogen-bond donors (Lipinski definition) is 0. The van der Waals surface area contributed by atoms with Gasteiger partial charge in [-0.15, -0.1) is 5.76 Å². The smallest absolute Gasteiger partial charge is 0.205 e. The maximum atomic E-state index is 13.5. The minimum atomic E-state index is -0.626. The van der Waals surface area contributed by atoms with E-state index in [1.165, 1.54) is 75.6 Å². The SMILES string of the molecule is O=C1C(c2ccc(N(CC3CCCCC3)c3ccccc3)cc2)=C([O-])C1C1C=CC(=[N+](CC2CCCCC2)c2ccccc2)C=C1. The Balaban J connectivity index is 1.08. The largest absolute Gasteiger partial charge is 0.874 e. The second kappa shape index (κ2) is 14.1. The molecule has 4 aliphatic carbocycles. The first-order valence-corrected chi connectivity index (χ1v) is 17.6. The van der Waals surface area contributed by atoms with Crippen LogP contribution >= 0.6 is 0 Å². The van der Waals surface area contributed by atoms with Gasteiger partial charge in [-0.2, -0.15) is 4.58 Å². The summed E-state index contributed by atoms with van der Waals surface area (Å²) in [5, 5.41) is 13.5. The molecular weight excluding hydrogens is 564 g/mol. The molecule has 0 saturated heterocycles. The maximum Gasteiger partial charge on any atom is 0.205 e. The van der Waals surface area contributed by atoms with E-state index in [1.807, 2.05) is 12.1 Å². The number of allylic oxidation sites excluding steroid dienone is 6. The molecule has 0 bridgehead atoms. The zero-order chi connectivity index (χ0) is 31.3. The van der Waals surface area contributed by atoms with E-state index in [0.29, 0.717) is 17.4 Å². The molecular formula is C42H46N2O2.